The van der Waals surface area contributed by atoms with E-state index < -0.39 is 95.7 Å². The molecule has 7 amide bonds. The molecule has 2 aliphatic heterocycles. The molecule has 0 aromatic rings. The molecule has 0 aromatic carbocycles. The third-order valence-electron chi connectivity index (χ3n) is 9.71. The van der Waals surface area contributed by atoms with E-state index in [-0.39, 0.29) is 43.4 Å². The van der Waals surface area contributed by atoms with Crippen LogP contribution < -0.4 is 37.4 Å². The standard InChI is InChI=1S/C37H65N9O10/c1-19(2)16-24(41-34(52)30(23(9)48)44-33(51)28(21(5)6)38-18-47)31(49)43-29(22(7)8)36(54)45-26(12-10-14-39-45)32(50)42-25(17-20(3)4)35(53)46-27(37(55)56)13-11-15-40-46/h18-30,39-40,48H,10-17H2,1-9H3,(H,38,47)(H,41,52)(H,42,50)(H,43,49)(H,44,51)(H,55,56). The van der Waals surface area contributed by atoms with Crippen LogP contribution in [0.15, 0.2) is 0 Å². The number of hydrogen-bond donors (Lipinski definition) is 9. The first kappa shape index (κ1) is 47.8. The summed E-state index contributed by atoms with van der Waals surface area (Å²) in [7, 11) is 0. The molecule has 9 N–H and O–H groups in total. The average molecular weight is 796 g/mol. The molecule has 0 bridgehead atoms. The van der Waals surface area contributed by atoms with Crippen LogP contribution in [-0.2, 0) is 38.4 Å². The second kappa shape index (κ2) is 22.4. The van der Waals surface area contributed by atoms with Crippen molar-refractivity contribution in [1.82, 2.24) is 47.5 Å². The second-order valence-corrected chi connectivity index (χ2v) is 16.2. The quantitative estimate of drug-likeness (QED) is 0.0666. The topological polar surface area (TPSA) is 268 Å². The van der Waals surface area contributed by atoms with Crippen LogP contribution in [0.4, 0.5) is 0 Å². The number of nitrogens with zero attached hydrogens (tertiary/aromatic N) is 2. The van der Waals surface area contributed by atoms with Crippen LogP contribution in [0.25, 0.3) is 0 Å². The summed E-state index contributed by atoms with van der Waals surface area (Å²) in [5.41, 5.74) is 5.83. The molecule has 0 spiro atoms. The molecular weight excluding hydrogens is 730 g/mol. The Morgan fingerprint density at radius 2 is 1.12 bits per heavy atom. The van der Waals surface area contributed by atoms with E-state index in [2.05, 4.69) is 37.4 Å². The molecule has 0 aromatic heterocycles. The van der Waals surface area contributed by atoms with Crippen molar-refractivity contribution in [3.05, 3.63) is 0 Å². The van der Waals surface area contributed by atoms with Crippen molar-refractivity contribution in [1.29, 1.82) is 0 Å². The van der Waals surface area contributed by atoms with E-state index in [1.807, 2.05) is 27.7 Å². The average Bonchev–Trinajstić information content (AvgIpc) is 3.12. The smallest absolute Gasteiger partial charge is 0.328 e. The lowest BCUT2D eigenvalue weighted by Gasteiger charge is -2.40. The number of amides is 7. The summed E-state index contributed by atoms with van der Waals surface area (Å²) in [6, 6.07) is -8.10. The Balaban J connectivity index is 2.31. The minimum Gasteiger partial charge on any atom is -0.480 e. The predicted octanol–water partition coefficient (Wildman–Crippen LogP) is -1.10. The highest BCUT2D eigenvalue weighted by molar-refractivity contribution is 5.97. The van der Waals surface area contributed by atoms with E-state index in [1.165, 1.54) is 6.92 Å². The van der Waals surface area contributed by atoms with Gasteiger partial charge in [0.05, 0.1) is 6.10 Å². The van der Waals surface area contributed by atoms with Crippen LogP contribution in [0.5, 0.6) is 0 Å². The van der Waals surface area contributed by atoms with Crippen molar-refractivity contribution in [2.24, 2.45) is 23.7 Å². The third kappa shape index (κ3) is 13.7. The van der Waals surface area contributed by atoms with Crippen LogP contribution in [0, 0.1) is 23.7 Å². The lowest BCUT2D eigenvalue weighted by molar-refractivity contribution is -0.158. The Morgan fingerprint density at radius 1 is 0.643 bits per heavy atom. The number of carbonyl (C=O) groups is 8. The zero-order valence-electron chi connectivity index (χ0n) is 34.2. The maximum atomic E-state index is 14.2. The van der Waals surface area contributed by atoms with E-state index in [0.717, 1.165) is 10.0 Å². The Hall–Kier alpha value is -4.36. The third-order valence-corrected chi connectivity index (χ3v) is 9.71. The Labute approximate surface area is 329 Å². The van der Waals surface area contributed by atoms with Gasteiger partial charge in [0, 0.05) is 13.1 Å². The van der Waals surface area contributed by atoms with Crippen molar-refractivity contribution in [2.75, 3.05) is 13.1 Å². The Kier molecular flexibility index (Phi) is 19.1. The molecule has 2 heterocycles. The molecule has 2 rings (SSSR count). The van der Waals surface area contributed by atoms with Crippen LogP contribution >= 0.6 is 0 Å². The lowest BCUT2D eigenvalue weighted by atomic mass is 9.97. The highest BCUT2D eigenvalue weighted by Gasteiger charge is 2.42. The van der Waals surface area contributed by atoms with Crippen molar-refractivity contribution < 1.29 is 48.6 Å². The lowest BCUT2D eigenvalue weighted by Crippen LogP contribution is -2.66. The molecule has 56 heavy (non-hydrogen) atoms. The summed E-state index contributed by atoms with van der Waals surface area (Å²) in [6.45, 7) is 16.2. The summed E-state index contributed by atoms with van der Waals surface area (Å²) in [5.74, 6) is -6.29. The molecule has 19 nitrogen and oxygen atoms in total. The van der Waals surface area contributed by atoms with Crippen molar-refractivity contribution in [2.45, 2.75) is 149 Å². The molecule has 2 aliphatic rings. The molecule has 2 fully saturated rings. The van der Waals surface area contributed by atoms with Gasteiger partial charge in [-0.3, -0.25) is 43.6 Å². The monoisotopic (exact) mass is 795 g/mol. The van der Waals surface area contributed by atoms with Gasteiger partial charge in [-0.2, -0.15) is 0 Å². The van der Waals surface area contributed by atoms with Crippen molar-refractivity contribution in [3.8, 4) is 0 Å². The molecule has 318 valence electrons. The minimum atomic E-state index is -1.48. The number of carbonyl (C=O) groups excluding carboxylic acids is 7. The Morgan fingerprint density at radius 3 is 1.61 bits per heavy atom. The number of aliphatic hydroxyl groups is 1. The van der Waals surface area contributed by atoms with Crippen LogP contribution in [-0.4, -0.2) is 130 Å². The first-order valence-corrected chi connectivity index (χ1v) is 19.7. The fraction of sp³-hybridized carbons (Fsp3) is 0.784. The number of rotatable bonds is 20. The number of hydrazine groups is 2. The molecule has 8 atom stereocenters. The molecule has 8 unspecified atom stereocenters. The highest BCUT2D eigenvalue weighted by atomic mass is 16.4. The summed E-state index contributed by atoms with van der Waals surface area (Å²) >= 11 is 0. The largest absolute Gasteiger partial charge is 0.480 e. The van der Waals surface area contributed by atoms with Gasteiger partial charge in [0.15, 0.2) is 0 Å². The first-order chi connectivity index (χ1) is 26.2. The van der Waals surface area contributed by atoms with Gasteiger partial charge in [0.2, 0.25) is 30.0 Å². The van der Waals surface area contributed by atoms with Crippen molar-refractivity contribution in [3.63, 3.8) is 0 Å². The van der Waals surface area contributed by atoms with Crippen LogP contribution in [0.2, 0.25) is 0 Å². The molecular formula is C37H65N9O10. The van der Waals surface area contributed by atoms with Gasteiger partial charge >= 0.3 is 5.97 Å². The maximum Gasteiger partial charge on any atom is 0.328 e. The number of carboxylic acids is 1. The van der Waals surface area contributed by atoms with E-state index >= 15 is 0 Å². The number of nitrogens with one attached hydrogen (secondary N) is 7. The fourth-order valence-electron chi connectivity index (χ4n) is 6.72. The molecule has 19 heteroatoms. The van der Waals surface area contributed by atoms with Crippen LogP contribution in [0.3, 0.4) is 0 Å². The summed E-state index contributed by atoms with van der Waals surface area (Å²) in [6.07, 6.45) is 0.901. The van der Waals surface area contributed by atoms with E-state index in [0.29, 0.717) is 32.3 Å². The number of hydrogen-bond acceptors (Lipinski definition) is 11. The van der Waals surface area contributed by atoms with Gasteiger partial charge in [-0.25, -0.2) is 15.6 Å². The number of carboxylic acid groups (broad SMARTS) is 1. The van der Waals surface area contributed by atoms with E-state index in [9.17, 15) is 48.6 Å². The van der Waals surface area contributed by atoms with Gasteiger partial charge in [0.25, 0.3) is 11.8 Å². The molecule has 0 aliphatic carbocycles. The summed E-state index contributed by atoms with van der Waals surface area (Å²) in [5, 5.41) is 35.4. The number of aliphatic hydroxyl groups excluding tert-OH is 1. The first-order valence-electron chi connectivity index (χ1n) is 19.7. The SMILES string of the molecule is CC(C)CC(NC(=O)C(NC(=O)C(NC=O)C(C)C)C(C)O)C(=O)NC(C(=O)N1NCCCC1C(=O)NC(CC(C)C)C(=O)N1NCCCC1C(=O)O)C(C)C. The Bertz CT molecular complexity index is 1390. The fourth-order valence-corrected chi connectivity index (χ4v) is 6.72. The summed E-state index contributed by atoms with van der Waals surface area (Å²) < 4.78 is 0. The summed E-state index contributed by atoms with van der Waals surface area (Å²) in [4.78, 5) is 105. The minimum absolute atomic E-state index is 0.0529. The van der Waals surface area contributed by atoms with Gasteiger partial charge in [0.1, 0.15) is 42.3 Å². The van der Waals surface area contributed by atoms with Gasteiger partial charge in [-0.05, 0) is 69.1 Å². The highest BCUT2D eigenvalue weighted by Crippen LogP contribution is 2.19. The zero-order valence-corrected chi connectivity index (χ0v) is 34.2. The van der Waals surface area contributed by atoms with E-state index in [4.69, 9.17) is 0 Å². The maximum absolute atomic E-state index is 14.2. The van der Waals surface area contributed by atoms with Crippen LogP contribution in [0.1, 0.15) is 101 Å². The van der Waals surface area contributed by atoms with Gasteiger partial charge in [-0.1, -0.05) is 55.4 Å². The van der Waals surface area contributed by atoms with Gasteiger partial charge < -0.3 is 36.8 Å². The van der Waals surface area contributed by atoms with E-state index in [1.54, 1.807) is 27.7 Å². The molecule has 0 saturated carbocycles. The molecule has 2 saturated heterocycles. The zero-order chi connectivity index (χ0) is 42.4. The molecule has 0 radical (unpaired) electrons. The van der Waals surface area contributed by atoms with Gasteiger partial charge in [-0.15, -0.1) is 0 Å². The normalized spacial score (nSPS) is 20.7. The second-order valence-electron chi connectivity index (χ2n) is 16.2. The predicted molar refractivity (Wildman–Crippen MR) is 204 cm³/mol. The van der Waals surface area contributed by atoms with Crippen molar-refractivity contribution >= 4 is 47.8 Å². The number of aliphatic carboxylic acids is 1.